The highest BCUT2D eigenvalue weighted by Gasteiger charge is 2.25. The van der Waals surface area contributed by atoms with E-state index in [-0.39, 0.29) is 11.8 Å². The van der Waals surface area contributed by atoms with Crippen molar-refractivity contribution in [2.75, 3.05) is 37.7 Å². The van der Waals surface area contributed by atoms with Gasteiger partial charge in [0.25, 0.3) is 11.8 Å². The van der Waals surface area contributed by atoms with Crippen LogP contribution in [0.15, 0.2) is 54.6 Å². The molecule has 4 rings (SSSR count). The summed E-state index contributed by atoms with van der Waals surface area (Å²) in [6.07, 6.45) is 1.28. The van der Waals surface area contributed by atoms with Crippen molar-refractivity contribution in [3.8, 4) is 0 Å². The van der Waals surface area contributed by atoms with Gasteiger partial charge in [0.1, 0.15) is 0 Å². The number of carbonyl (C=O) groups is 2. The Labute approximate surface area is 174 Å². The smallest absolute Gasteiger partial charge is 0.253 e. The molecule has 2 heterocycles. The van der Waals surface area contributed by atoms with Crippen LogP contribution >= 0.6 is 23.5 Å². The molecule has 0 saturated carbocycles. The minimum atomic E-state index is 0.0412. The fourth-order valence-corrected chi connectivity index (χ4v) is 6.42. The topological polar surface area (TPSA) is 40.6 Å². The van der Waals surface area contributed by atoms with E-state index in [1.807, 2.05) is 75.8 Å². The first-order valence-electron chi connectivity index (χ1n) is 9.69. The Bertz CT molecular complexity index is 812. The highest BCUT2D eigenvalue weighted by atomic mass is 32.2. The van der Waals surface area contributed by atoms with Crippen molar-refractivity contribution in [1.29, 1.82) is 0 Å². The number of hydrogen-bond donors (Lipinski definition) is 0. The second-order valence-electron chi connectivity index (χ2n) is 7.00. The van der Waals surface area contributed by atoms with E-state index in [9.17, 15) is 9.59 Å². The lowest BCUT2D eigenvalue weighted by atomic mass is 10.1. The van der Waals surface area contributed by atoms with Crippen LogP contribution in [0.1, 0.15) is 37.3 Å². The molecule has 28 heavy (non-hydrogen) atoms. The van der Waals surface area contributed by atoms with Crippen molar-refractivity contribution in [2.24, 2.45) is 0 Å². The van der Waals surface area contributed by atoms with Crippen molar-refractivity contribution in [1.82, 2.24) is 9.80 Å². The Hall–Kier alpha value is -1.92. The molecular formula is C22H24N2O2S2. The van der Waals surface area contributed by atoms with Crippen LogP contribution in [-0.4, -0.2) is 59.3 Å². The molecule has 6 heteroatoms. The minimum Gasteiger partial charge on any atom is -0.335 e. The maximum absolute atomic E-state index is 12.8. The Kier molecular flexibility index (Phi) is 6.27. The fourth-order valence-electron chi connectivity index (χ4n) is 3.52. The number of thioether (sulfide) groups is 2. The van der Waals surface area contributed by atoms with Gasteiger partial charge >= 0.3 is 0 Å². The molecule has 2 aromatic carbocycles. The molecule has 0 bridgehead atoms. The highest BCUT2D eigenvalue weighted by molar-refractivity contribution is 8.16. The first-order chi connectivity index (χ1) is 13.7. The van der Waals surface area contributed by atoms with Gasteiger partial charge in [-0.25, -0.2) is 0 Å². The molecule has 0 unspecified atom stereocenters. The molecule has 0 atom stereocenters. The maximum atomic E-state index is 12.8. The van der Waals surface area contributed by atoms with E-state index < -0.39 is 0 Å². The van der Waals surface area contributed by atoms with Gasteiger partial charge in [0.2, 0.25) is 0 Å². The van der Waals surface area contributed by atoms with Gasteiger partial charge in [0.15, 0.2) is 0 Å². The number of piperazine rings is 1. The van der Waals surface area contributed by atoms with Gasteiger partial charge in [-0.3, -0.25) is 9.59 Å². The van der Waals surface area contributed by atoms with Crippen LogP contribution in [0.3, 0.4) is 0 Å². The van der Waals surface area contributed by atoms with Gasteiger partial charge in [-0.15, -0.1) is 23.5 Å². The summed E-state index contributed by atoms with van der Waals surface area (Å²) < 4.78 is 0.491. The summed E-state index contributed by atoms with van der Waals surface area (Å²) in [6.45, 7) is 2.31. The number of hydrogen-bond acceptors (Lipinski definition) is 4. The van der Waals surface area contributed by atoms with Crippen LogP contribution in [0, 0.1) is 0 Å². The maximum Gasteiger partial charge on any atom is 0.253 e. The molecule has 4 nitrogen and oxygen atoms in total. The predicted octanol–water partition coefficient (Wildman–Crippen LogP) is 4.15. The molecule has 2 aliphatic heterocycles. The van der Waals surface area contributed by atoms with E-state index in [1.165, 1.54) is 23.5 Å². The molecule has 0 aromatic heterocycles. The molecular weight excluding hydrogens is 388 g/mol. The van der Waals surface area contributed by atoms with E-state index in [1.54, 1.807) is 0 Å². The minimum absolute atomic E-state index is 0.0412. The Morgan fingerprint density at radius 3 is 1.75 bits per heavy atom. The largest absolute Gasteiger partial charge is 0.335 e. The zero-order valence-corrected chi connectivity index (χ0v) is 17.4. The van der Waals surface area contributed by atoms with Crippen LogP contribution in [0.25, 0.3) is 0 Å². The van der Waals surface area contributed by atoms with Gasteiger partial charge in [0, 0.05) is 37.3 Å². The molecule has 0 N–H and O–H groups in total. The number of rotatable bonds is 3. The third-order valence-electron chi connectivity index (χ3n) is 5.13. The summed E-state index contributed by atoms with van der Waals surface area (Å²) >= 11 is 3.98. The molecule has 0 aliphatic carbocycles. The third-order valence-corrected chi connectivity index (χ3v) is 8.15. The van der Waals surface area contributed by atoms with Crippen molar-refractivity contribution < 1.29 is 9.59 Å². The van der Waals surface area contributed by atoms with Crippen LogP contribution in [0.5, 0.6) is 0 Å². The van der Waals surface area contributed by atoms with Crippen LogP contribution in [0.4, 0.5) is 0 Å². The summed E-state index contributed by atoms with van der Waals surface area (Å²) in [5, 5.41) is 0. The van der Waals surface area contributed by atoms with Gasteiger partial charge in [-0.1, -0.05) is 30.3 Å². The van der Waals surface area contributed by atoms with Gasteiger partial charge < -0.3 is 9.80 Å². The quantitative estimate of drug-likeness (QED) is 0.759. The Morgan fingerprint density at radius 1 is 0.714 bits per heavy atom. The Morgan fingerprint density at radius 2 is 1.21 bits per heavy atom. The molecule has 146 valence electrons. The van der Waals surface area contributed by atoms with E-state index in [2.05, 4.69) is 12.1 Å². The second kappa shape index (κ2) is 9.05. The third kappa shape index (κ3) is 4.39. The fraction of sp³-hybridized carbons (Fsp3) is 0.364. The van der Waals surface area contributed by atoms with E-state index in [0.717, 1.165) is 5.56 Å². The first-order valence-corrected chi connectivity index (χ1v) is 11.8. The molecule has 2 amide bonds. The van der Waals surface area contributed by atoms with E-state index >= 15 is 0 Å². The normalized spacial score (nSPS) is 18.1. The summed E-state index contributed by atoms with van der Waals surface area (Å²) in [5.74, 6) is 2.52. The van der Waals surface area contributed by atoms with Crippen LogP contribution in [0.2, 0.25) is 0 Å². The summed E-state index contributed by atoms with van der Waals surface area (Å²) in [4.78, 5) is 29.1. The van der Waals surface area contributed by atoms with E-state index in [4.69, 9.17) is 0 Å². The monoisotopic (exact) mass is 412 g/mol. The number of amides is 2. The summed E-state index contributed by atoms with van der Waals surface area (Å²) in [7, 11) is 0. The standard InChI is InChI=1S/C22H24N2O2S2/c25-20(17-5-2-1-3-6-17)23-11-13-24(14-12-23)21(26)18-7-9-19(10-8-18)22-27-15-4-16-28-22/h1-3,5-10,22H,4,11-16H2. The summed E-state index contributed by atoms with van der Waals surface area (Å²) in [5.41, 5.74) is 2.73. The highest BCUT2D eigenvalue weighted by Crippen LogP contribution is 2.43. The van der Waals surface area contributed by atoms with Crippen molar-refractivity contribution in [2.45, 2.75) is 11.0 Å². The molecule has 2 aliphatic rings. The number of nitrogens with zero attached hydrogens (tertiary/aromatic N) is 2. The predicted molar refractivity (Wildman–Crippen MR) is 117 cm³/mol. The van der Waals surface area contributed by atoms with Crippen molar-refractivity contribution >= 4 is 35.3 Å². The second-order valence-corrected chi connectivity index (χ2v) is 9.72. The van der Waals surface area contributed by atoms with Crippen molar-refractivity contribution in [3.63, 3.8) is 0 Å². The lowest BCUT2D eigenvalue weighted by molar-refractivity contribution is 0.0535. The SMILES string of the molecule is O=C(c1ccccc1)N1CCN(C(=O)c2ccc(C3SCCCS3)cc2)CC1. The number of benzene rings is 2. The molecule has 2 saturated heterocycles. The van der Waals surface area contributed by atoms with Gasteiger partial charge in [-0.2, -0.15) is 0 Å². The molecule has 2 fully saturated rings. The average molecular weight is 413 g/mol. The zero-order valence-electron chi connectivity index (χ0n) is 15.8. The first kappa shape index (κ1) is 19.4. The lowest BCUT2D eigenvalue weighted by Gasteiger charge is -2.35. The molecule has 0 radical (unpaired) electrons. The van der Waals surface area contributed by atoms with Crippen molar-refractivity contribution in [3.05, 3.63) is 71.3 Å². The number of carbonyl (C=O) groups excluding carboxylic acids is 2. The Balaban J connectivity index is 1.34. The van der Waals surface area contributed by atoms with Gasteiger partial charge in [0.05, 0.1) is 4.58 Å². The summed E-state index contributed by atoms with van der Waals surface area (Å²) in [6, 6.07) is 17.4. The average Bonchev–Trinajstić information content (AvgIpc) is 2.79. The van der Waals surface area contributed by atoms with Crippen LogP contribution < -0.4 is 0 Å². The van der Waals surface area contributed by atoms with E-state index in [0.29, 0.717) is 36.3 Å². The molecule has 0 spiro atoms. The zero-order chi connectivity index (χ0) is 19.3. The lowest BCUT2D eigenvalue weighted by Crippen LogP contribution is -2.50. The van der Waals surface area contributed by atoms with Gasteiger partial charge in [-0.05, 0) is 47.8 Å². The molecule has 2 aromatic rings. The van der Waals surface area contributed by atoms with Crippen LogP contribution in [-0.2, 0) is 0 Å².